The number of unbranched alkanes of at least 4 members (excludes halogenated alkanes) is 41. The molecule has 0 fully saturated rings. The van der Waals surface area contributed by atoms with Crippen LogP contribution >= 0.6 is 0 Å². The van der Waals surface area contributed by atoms with E-state index in [1.54, 1.807) is 0 Å². The number of carbonyl (C=O) groups is 2. The fourth-order valence-electron chi connectivity index (χ4n) is 9.34. The smallest absolute Gasteiger partial charge is 0.305 e. The summed E-state index contributed by atoms with van der Waals surface area (Å²) in [6.07, 6.45) is 69.1. The van der Waals surface area contributed by atoms with E-state index in [2.05, 4.69) is 43.5 Å². The van der Waals surface area contributed by atoms with Crippen LogP contribution in [0.15, 0.2) is 24.3 Å². The van der Waals surface area contributed by atoms with Gasteiger partial charge in [0.05, 0.1) is 25.4 Å². The lowest BCUT2D eigenvalue weighted by molar-refractivity contribution is -0.143. The van der Waals surface area contributed by atoms with Gasteiger partial charge in [0.2, 0.25) is 5.91 Å². The van der Waals surface area contributed by atoms with Crippen molar-refractivity contribution in [1.82, 2.24) is 5.32 Å². The highest BCUT2D eigenvalue weighted by Gasteiger charge is 2.20. The van der Waals surface area contributed by atoms with Crippen LogP contribution in [-0.4, -0.2) is 47.4 Å². The first-order valence-electron chi connectivity index (χ1n) is 30.1. The van der Waals surface area contributed by atoms with Gasteiger partial charge < -0.3 is 20.3 Å². The first-order chi connectivity index (χ1) is 33.0. The van der Waals surface area contributed by atoms with Gasteiger partial charge in [0.15, 0.2) is 0 Å². The van der Waals surface area contributed by atoms with E-state index in [0.29, 0.717) is 25.9 Å². The van der Waals surface area contributed by atoms with Crippen LogP contribution in [0.2, 0.25) is 0 Å². The SMILES string of the molecule is CCCCCCCC/C=C\CCCCCCCC(=O)OCCCCCCCCCCCCCC/C=C\CCCCCCCCCCCCC(=O)NC(CO)C(O)CCCCCCCCCCC. The molecule has 0 rings (SSSR count). The van der Waals surface area contributed by atoms with Crippen molar-refractivity contribution in [1.29, 1.82) is 0 Å². The number of carbonyl (C=O) groups excluding carboxylic acids is 2. The molecule has 0 aromatic rings. The Bertz CT molecular complexity index is 1040. The third kappa shape index (κ3) is 53.5. The van der Waals surface area contributed by atoms with Gasteiger partial charge in [-0.25, -0.2) is 0 Å². The Morgan fingerprint density at radius 1 is 0.403 bits per heavy atom. The zero-order valence-corrected chi connectivity index (χ0v) is 45.1. The molecule has 67 heavy (non-hydrogen) atoms. The van der Waals surface area contributed by atoms with Gasteiger partial charge in [0.1, 0.15) is 0 Å². The van der Waals surface area contributed by atoms with Gasteiger partial charge in [-0.1, -0.05) is 263 Å². The van der Waals surface area contributed by atoms with Crippen LogP contribution in [0.3, 0.4) is 0 Å². The fraction of sp³-hybridized carbons (Fsp3) is 0.902. The van der Waals surface area contributed by atoms with E-state index in [1.165, 1.54) is 250 Å². The van der Waals surface area contributed by atoms with Gasteiger partial charge >= 0.3 is 5.97 Å². The standard InChI is InChI=1S/C61H117NO5/c1-3-5-7-9-11-13-14-15-28-32-35-39-43-47-51-55-61(66)67-56-52-48-44-40-36-33-30-27-25-23-21-19-17-16-18-20-22-24-26-29-31-34-38-42-46-50-54-60(65)62-58(57-63)59(64)53-49-45-41-37-12-10-8-6-4-2/h15-16,18,28,58-59,63-64H,3-14,17,19-27,29-57H2,1-2H3,(H,62,65)/b18-16-,28-15-. The molecule has 0 heterocycles. The predicted molar refractivity (Wildman–Crippen MR) is 292 cm³/mol. The van der Waals surface area contributed by atoms with E-state index in [-0.39, 0.29) is 18.5 Å². The molecular formula is C61H117NO5. The average molecular weight is 945 g/mol. The molecular weight excluding hydrogens is 827 g/mol. The summed E-state index contributed by atoms with van der Waals surface area (Å²) in [5, 5.41) is 23.1. The molecule has 2 atom stereocenters. The first kappa shape index (κ1) is 65.3. The summed E-state index contributed by atoms with van der Waals surface area (Å²) in [4.78, 5) is 24.5. The molecule has 0 bridgehead atoms. The number of hydrogen-bond acceptors (Lipinski definition) is 5. The summed E-state index contributed by atoms with van der Waals surface area (Å²) in [7, 11) is 0. The van der Waals surface area contributed by atoms with Crippen molar-refractivity contribution in [2.24, 2.45) is 0 Å². The lowest BCUT2D eigenvalue weighted by Crippen LogP contribution is -2.45. The van der Waals surface area contributed by atoms with Crippen molar-refractivity contribution in [3.8, 4) is 0 Å². The summed E-state index contributed by atoms with van der Waals surface area (Å²) in [6, 6.07) is -0.540. The summed E-state index contributed by atoms with van der Waals surface area (Å²) in [5.74, 6) is -0.0322. The molecule has 0 aromatic heterocycles. The molecule has 396 valence electrons. The maximum atomic E-state index is 12.4. The Labute approximate surface area is 418 Å². The monoisotopic (exact) mass is 944 g/mol. The Hall–Kier alpha value is -1.66. The van der Waals surface area contributed by atoms with E-state index >= 15 is 0 Å². The van der Waals surface area contributed by atoms with Crippen molar-refractivity contribution in [3.05, 3.63) is 24.3 Å². The maximum absolute atomic E-state index is 12.4. The third-order valence-corrected chi connectivity index (χ3v) is 14.0. The highest BCUT2D eigenvalue weighted by atomic mass is 16.5. The second-order valence-corrected chi connectivity index (χ2v) is 20.7. The second kappa shape index (κ2) is 56.9. The van der Waals surface area contributed by atoms with Crippen molar-refractivity contribution >= 4 is 11.9 Å². The maximum Gasteiger partial charge on any atom is 0.305 e. The molecule has 0 spiro atoms. The lowest BCUT2D eigenvalue weighted by atomic mass is 10.0. The van der Waals surface area contributed by atoms with Crippen LogP contribution in [-0.2, 0) is 14.3 Å². The Morgan fingerprint density at radius 3 is 1.06 bits per heavy atom. The minimum Gasteiger partial charge on any atom is -0.466 e. The van der Waals surface area contributed by atoms with E-state index in [0.717, 1.165) is 44.9 Å². The van der Waals surface area contributed by atoms with Crippen LogP contribution in [0.5, 0.6) is 0 Å². The molecule has 0 radical (unpaired) electrons. The zero-order valence-electron chi connectivity index (χ0n) is 45.1. The highest BCUT2D eigenvalue weighted by molar-refractivity contribution is 5.76. The molecule has 2 unspecified atom stereocenters. The number of nitrogens with one attached hydrogen (secondary N) is 1. The summed E-state index contributed by atoms with van der Waals surface area (Å²) in [5.41, 5.74) is 0. The topological polar surface area (TPSA) is 95.9 Å². The Balaban J connectivity index is 3.36. The molecule has 1 amide bonds. The molecule has 6 nitrogen and oxygen atoms in total. The number of aliphatic hydroxyl groups is 2. The van der Waals surface area contributed by atoms with Crippen LogP contribution in [0.4, 0.5) is 0 Å². The molecule has 0 aliphatic rings. The van der Waals surface area contributed by atoms with Gasteiger partial charge in [-0.2, -0.15) is 0 Å². The largest absolute Gasteiger partial charge is 0.466 e. The number of rotatable bonds is 56. The molecule has 3 N–H and O–H groups in total. The van der Waals surface area contributed by atoms with Crippen molar-refractivity contribution in [2.45, 2.75) is 341 Å². The van der Waals surface area contributed by atoms with Gasteiger partial charge in [-0.15, -0.1) is 0 Å². The Kier molecular flexibility index (Phi) is 55.5. The van der Waals surface area contributed by atoms with E-state index < -0.39 is 12.1 Å². The van der Waals surface area contributed by atoms with Gasteiger partial charge in [0, 0.05) is 12.8 Å². The second-order valence-electron chi connectivity index (χ2n) is 20.7. The van der Waals surface area contributed by atoms with Gasteiger partial charge in [-0.05, 0) is 77.0 Å². The van der Waals surface area contributed by atoms with E-state index in [9.17, 15) is 19.8 Å². The molecule has 0 saturated heterocycles. The van der Waals surface area contributed by atoms with Crippen molar-refractivity contribution in [3.63, 3.8) is 0 Å². The van der Waals surface area contributed by atoms with Crippen LogP contribution < -0.4 is 5.32 Å². The molecule has 0 aliphatic carbocycles. The lowest BCUT2D eigenvalue weighted by Gasteiger charge is -2.22. The number of aliphatic hydroxyl groups excluding tert-OH is 2. The average Bonchev–Trinajstić information content (AvgIpc) is 3.33. The third-order valence-electron chi connectivity index (χ3n) is 14.0. The number of amides is 1. The minimum atomic E-state index is -0.663. The van der Waals surface area contributed by atoms with Crippen LogP contribution in [0, 0.1) is 0 Å². The van der Waals surface area contributed by atoms with Crippen LogP contribution in [0.1, 0.15) is 328 Å². The zero-order chi connectivity index (χ0) is 48.6. The van der Waals surface area contributed by atoms with Crippen molar-refractivity contribution < 1.29 is 24.5 Å². The van der Waals surface area contributed by atoms with Crippen molar-refractivity contribution in [2.75, 3.05) is 13.2 Å². The number of allylic oxidation sites excluding steroid dienone is 4. The number of hydrogen-bond donors (Lipinski definition) is 3. The predicted octanol–water partition coefficient (Wildman–Crippen LogP) is 18.6. The highest BCUT2D eigenvalue weighted by Crippen LogP contribution is 2.17. The normalized spacial score (nSPS) is 12.7. The summed E-state index contributed by atoms with van der Waals surface area (Å²) in [6.45, 7) is 4.93. The minimum absolute atomic E-state index is 0.00641. The fourth-order valence-corrected chi connectivity index (χ4v) is 9.34. The molecule has 6 heteroatoms. The number of ether oxygens (including phenoxy) is 1. The number of esters is 1. The molecule has 0 aromatic carbocycles. The van der Waals surface area contributed by atoms with E-state index in [4.69, 9.17) is 4.74 Å². The summed E-state index contributed by atoms with van der Waals surface area (Å²) < 4.78 is 5.48. The molecule has 0 saturated carbocycles. The van der Waals surface area contributed by atoms with E-state index in [1.807, 2.05) is 0 Å². The quantitative estimate of drug-likeness (QED) is 0.0321. The first-order valence-corrected chi connectivity index (χ1v) is 30.1. The van der Waals surface area contributed by atoms with Gasteiger partial charge in [0.25, 0.3) is 0 Å². The Morgan fingerprint density at radius 2 is 0.701 bits per heavy atom. The molecule has 0 aliphatic heterocycles. The van der Waals surface area contributed by atoms with Gasteiger partial charge in [-0.3, -0.25) is 9.59 Å². The van der Waals surface area contributed by atoms with Crippen LogP contribution in [0.25, 0.3) is 0 Å². The summed E-state index contributed by atoms with van der Waals surface area (Å²) >= 11 is 0.